The van der Waals surface area contributed by atoms with Gasteiger partial charge in [-0.15, -0.1) is 0 Å². The van der Waals surface area contributed by atoms with Crippen molar-refractivity contribution in [1.82, 2.24) is 0 Å². The van der Waals surface area contributed by atoms with Crippen LogP contribution in [0, 0.1) is 0 Å². The predicted octanol–water partition coefficient (Wildman–Crippen LogP) is 2.23. The Morgan fingerprint density at radius 2 is 1.44 bits per heavy atom. The quantitative estimate of drug-likeness (QED) is 0.624. The molecule has 0 atom stereocenters. The van der Waals surface area contributed by atoms with Crippen LogP contribution in [-0.4, -0.2) is 17.0 Å². The minimum Gasteiger partial charge on any atom is -0.478 e. The molecule has 0 heterocycles. The van der Waals surface area contributed by atoms with Gasteiger partial charge in [0.1, 0.15) is 0 Å². The Morgan fingerprint density at radius 1 is 1.00 bits per heavy atom. The van der Waals surface area contributed by atoms with E-state index < -0.39 is 11.9 Å². The average molecular weight is 227 g/mol. The van der Waals surface area contributed by atoms with E-state index in [4.69, 9.17) is 10.8 Å². The van der Waals surface area contributed by atoms with Gasteiger partial charge in [-0.1, -0.05) is 26.7 Å². The second kappa shape index (κ2) is 7.91. The highest BCUT2D eigenvalue weighted by atomic mass is 16.4. The van der Waals surface area contributed by atoms with Crippen LogP contribution in [0.3, 0.4) is 0 Å². The van der Waals surface area contributed by atoms with Gasteiger partial charge in [-0.05, 0) is 25.7 Å². The van der Waals surface area contributed by atoms with E-state index in [1.54, 1.807) is 0 Å². The molecule has 0 aliphatic rings. The Balaban J connectivity index is 4.94. The second-order valence-electron chi connectivity index (χ2n) is 3.83. The van der Waals surface area contributed by atoms with Gasteiger partial charge in [0.05, 0.1) is 0 Å². The number of nitrogens with two attached hydrogens (primary N) is 1. The maximum atomic E-state index is 11.2. The summed E-state index contributed by atoms with van der Waals surface area (Å²) in [5.41, 5.74) is 5.72. The molecule has 4 nitrogen and oxygen atoms in total. The topological polar surface area (TPSA) is 80.4 Å². The third-order valence-electron chi connectivity index (χ3n) is 2.48. The lowest BCUT2D eigenvalue weighted by Gasteiger charge is -2.08. The van der Waals surface area contributed by atoms with E-state index in [1.807, 2.05) is 13.8 Å². The highest BCUT2D eigenvalue weighted by Crippen LogP contribution is 2.18. The molecule has 0 aromatic rings. The second-order valence-corrected chi connectivity index (χ2v) is 3.83. The van der Waals surface area contributed by atoms with E-state index in [2.05, 4.69) is 0 Å². The van der Waals surface area contributed by atoms with E-state index >= 15 is 0 Å². The van der Waals surface area contributed by atoms with Crippen LogP contribution in [-0.2, 0) is 9.59 Å². The Hall–Kier alpha value is -1.32. The zero-order chi connectivity index (χ0) is 12.6. The first-order valence-electron chi connectivity index (χ1n) is 5.79. The molecule has 0 bridgehead atoms. The lowest BCUT2D eigenvalue weighted by atomic mass is 9.97. The van der Waals surface area contributed by atoms with E-state index in [9.17, 15) is 9.59 Å². The first-order chi connectivity index (χ1) is 7.54. The summed E-state index contributed by atoms with van der Waals surface area (Å²) in [6.07, 6.45) is 4.27. The Labute approximate surface area is 96.5 Å². The van der Waals surface area contributed by atoms with Crippen LogP contribution in [0.25, 0.3) is 0 Å². The third kappa shape index (κ3) is 4.96. The van der Waals surface area contributed by atoms with Gasteiger partial charge in [0, 0.05) is 11.1 Å². The average Bonchev–Trinajstić information content (AvgIpc) is 2.21. The molecule has 0 radical (unpaired) electrons. The number of amides is 1. The number of carbonyl (C=O) groups excluding carboxylic acids is 1. The standard InChI is InChI=1S/C12H21NO3/c1-3-5-7-9(11(13)14)10(12(15)16)8-6-4-2/h3-8H2,1-2H3,(H2,13,14)(H,15,16). The summed E-state index contributed by atoms with van der Waals surface area (Å²) in [7, 11) is 0. The molecule has 0 fully saturated rings. The van der Waals surface area contributed by atoms with Crippen molar-refractivity contribution >= 4 is 11.9 Å². The first-order valence-corrected chi connectivity index (χ1v) is 5.79. The molecule has 0 saturated carbocycles. The molecule has 92 valence electrons. The summed E-state index contributed by atoms with van der Waals surface area (Å²) in [4.78, 5) is 22.3. The van der Waals surface area contributed by atoms with Crippen LogP contribution in [0.4, 0.5) is 0 Å². The monoisotopic (exact) mass is 227 g/mol. The van der Waals surface area contributed by atoms with Crippen molar-refractivity contribution in [3.8, 4) is 0 Å². The lowest BCUT2D eigenvalue weighted by Crippen LogP contribution is -2.19. The third-order valence-corrected chi connectivity index (χ3v) is 2.48. The SMILES string of the molecule is CCCCC(C(N)=O)=C(CCCC)C(=O)O. The molecule has 3 N–H and O–H groups in total. The highest BCUT2D eigenvalue weighted by molar-refractivity contribution is 6.01. The fourth-order valence-corrected chi connectivity index (χ4v) is 1.52. The minimum absolute atomic E-state index is 0.197. The van der Waals surface area contributed by atoms with Gasteiger partial charge >= 0.3 is 5.97 Å². The molecule has 0 spiro atoms. The van der Waals surface area contributed by atoms with Crippen molar-refractivity contribution in [2.24, 2.45) is 5.73 Å². The zero-order valence-corrected chi connectivity index (χ0v) is 10.1. The molecule has 0 aliphatic carbocycles. The maximum absolute atomic E-state index is 11.2. The summed E-state index contributed by atoms with van der Waals surface area (Å²) >= 11 is 0. The Bertz CT molecular complexity index is 254. The van der Waals surface area contributed by atoms with Gasteiger partial charge in [-0.3, -0.25) is 4.79 Å². The van der Waals surface area contributed by atoms with Gasteiger partial charge in [0.15, 0.2) is 0 Å². The Morgan fingerprint density at radius 3 is 1.75 bits per heavy atom. The largest absolute Gasteiger partial charge is 0.478 e. The number of carbonyl (C=O) groups is 2. The molecule has 0 unspecified atom stereocenters. The summed E-state index contributed by atoms with van der Waals surface area (Å²) < 4.78 is 0. The molecular weight excluding hydrogens is 206 g/mol. The lowest BCUT2D eigenvalue weighted by molar-refractivity contribution is -0.133. The van der Waals surface area contributed by atoms with Crippen LogP contribution in [0.1, 0.15) is 52.4 Å². The number of carboxylic acids is 1. The van der Waals surface area contributed by atoms with Crippen LogP contribution in [0.2, 0.25) is 0 Å². The molecule has 1 amide bonds. The predicted molar refractivity (Wildman–Crippen MR) is 62.9 cm³/mol. The van der Waals surface area contributed by atoms with E-state index in [-0.39, 0.29) is 5.57 Å². The van der Waals surface area contributed by atoms with E-state index in [1.165, 1.54) is 0 Å². The number of unbranched alkanes of at least 4 members (excludes halogenated alkanes) is 2. The molecule has 0 saturated heterocycles. The Kier molecular flexibility index (Phi) is 7.25. The molecule has 4 heteroatoms. The number of aliphatic carboxylic acids is 1. The normalized spacial score (nSPS) is 12.1. The first kappa shape index (κ1) is 14.7. The van der Waals surface area contributed by atoms with Crippen molar-refractivity contribution in [2.45, 2.75) is 52.4 Å². The summed E-state index contributed by atoms with van der Waals surface area (Å²) in [5, 5.41) is 9.05. The number of rotatable bonds is 8. The van der Waals surface area contributed by atoms with Gasteiger partial charge in [0.2, 0.25) is 5.91 Å². The van der Waals surface area contributed by atoms with Crippen molar-refractivity contribution in [1.29, 1.82) is 0 Å². The summed E-state index contributed by atoms with van der Waals surface area (Å²) in [6.45, 7) is 3.97. The van der Waals surface area contributed by atoms with Gasteiger partial charge in [-0.2, -0.15) is 0 Å². The highest BCUT2D eigenvalue weighted by Gasteiger charge is 2.17. The number of hydrogen-bond donors (Lipinski definition) is 2. The van der Waals surface area contributed by atoms with Gasteiger partial charge in [0.25, 0.3) is 0 Å². The van der Waals surface area contributed by atoms with Crippen LogP contribution in [0.15, 0.2) is 11.1 Å². The van der Waals surface area contributed by atoms with Crippen LogP contribution >= 0.6 is 0 Å². The summed E-state index contributed by atoms with van der Waals surface area (Å²) in [5.74, 6) is -1.61. The number of hydrogen-bond acceptors (Lipinski definition) is 2. The molecule has 0 aromatic carbocycles. The van der Waals surface area contributed by atoms with E-state index in [0.29, 0.717) is 18.4 Å². The fraction of sp³-hybridized carbons (Fsp3) is 0.667. The maximum Gasteiger partial charge on any atom is 0.332 e. The van der Waals surface area contributed by atoms with Gasteiger partial charge < -0.3 is 10.8 Å². The van der Waals surface area contributed by atoms with Crippen LogP contribution in [0.5, 0.6) is 0 Å². The van der Waals surface area contributed by atoms with E-state index in [0.717, 1.165) is 25.7 Å². The molecule has 0 aliphatic heterocycles. The molecule has 0 aromatic heterocycles. The fourth-order valence-electron chi connectivity index (χ4n) is 1.52. The number of primary amides is 1. The smallest absolute Gasteiger partial charge is 0.332 e. The van der Waals surface area contributed by atoms with Crippen molar-refractivity contribution < 1.29 is 14.7 Å². The minimum atomic E-state index is -1.02. The summed E-state index contributed by atoms with van der Waals surface area (Å²) in [6, 6.07) is 0. The number of carboxylic acid groups (broad SMARTS) is 1. The van der Waals surface area contributed by atoms with Crippen molar-refractivity contribution in [2.75, 3.05) is 0 Å². The molecular formula is C12H21NO3. The van der Waals surface area contributed by atoms with Crippen molar-refractivity contribution in [3.63, 3.8) is 0 Å². The zero-order valence-electron chi connectivity index (χ0n) is 10.1. The van der Waals surface area contributed by atoms with Crippen LogP contribution < -0.4 is 5.73 Å². The molecule has 16 heavy (non-hydrogen) atoms. The molecule has 0 rings (SSSR count). The van der Waals surface area contributed by atoms with Gasteiger partial charge in [-0.25, -0.2) is 4.79 Å². The van der Waals surface area contributed by atoms with Crippen molar-refractivity contribution in [3.05, 3.63) is 11.1 Å².